The van der Waals surface area contributed by atoms with Gasteiger partial charge in [0.05, 0.1) is 5.69 Å². The average Bonchev–Trinajstić information content (AvgIpc) is 2.65. The Morgan fingerprint density at radius 1 is 1.08 bits per heavy atom. The molecule has 0 fully saturated rings. The number of hydrogen-bond donors (Lipinski definition) is 2. The van der Waals surface area contributed by atoms with Crippen LogP contribution in [0.4, 0.5) is 14.5 Å². The number of carbonyl (C=O) groups excluding carboxylic acids is 1. The number of aromatic nitrogens is 1. The van der Waals surface area contributed by atoms with Gasteiger partial charge in [0.2, 0.25) is 0 Å². The number of nitrogens with one attached hydrogen (secondary N) is 2. The van der Waals surface area contributed by atoms with Crippen molar-refractivity contribution in [3.63, 3.8) is 0 Å². The minimum Gasteiger partial charge on any atom is -0.298 e. The first-order valence-corrected chi connectivity index (χ1v) is 8.99. The number of hydrazine groups is 1. The molecule has 0 atom stereocenters. The minimum absolute atomic E-state index is 0.591. The van der Waals surface area contributed by atoms with E-state index in [-0.39, 0.29) is 0 Å². The molecule has 1 heterocycles. The molecule has 26 heavy (non-hydrogen) atoms. The van der Waals surface area contributed by atoms with Gasteiger partial charge in [-0.2, -0.15) is 8.78 Å². The molecule has 2 N–H and O–H groups in total. The van der Waals surface area contributed by atoms with Crippen molar-refractivity contribution in [1.82, 2.24) is 5.43 Å². The Hall–Kier alpha value is -2.50. The maximum absolute atomic E-state index is 12.2. The van der Waals surface area contributed by atoms with Gasteiger partial charge in [-0.15, -0.1) is 0 Å². The molecular weight excluding hydrogens is 336 g/mol. The largest absolute Gasteiger partial charge is 0.317 e. The molecule has 1 amide bonds. The van der Waals surface area contributed by atoms with Crippen molar-refractivity contribution >= 4 is 11.6 Å². The van der Waals surface area contributed by atoms with Gasteiger partial charge in [-0.3, -0.25) is 15.6 Å². The van der Waals surface area contributed by atoms with E-state index in [0.717, 1.165) is 31.4 Å². The Bertz CT molecular complexity index is 690. The molecule has 4 nitrogen and oxygen atoms in total. The highest BCUT2D eigenvalue weighted by Gasteiger charge is 2.13. The lowest BCUT2D eigenvalue weighted by Crippen LogP contribution is -2.34. The van der Waals surface area contributed by atoms with Crippen LogP contribution < -0.4 is 15.4 Å². The summed E-state index contributed by atoms with van der Waals surface area (Å²) in [6.07, 6.45) is 6.45. The van der Waals surface area contributed by atoms with Gasteiger partial charge >= 0.3 is 12.3 Å². The number of carbonyl (C=O) groups is 1. The Balaban J connectivity index is 1.78. The number of nitrogens with zero attached hydrogens (tertiary/aromatic N) is 1. The van der Waals surface area contributed by atoms with Crippen LogP contribution in [0.1, 0.15) is 37.3 Å². The third-order valence-corrected chi connectivity index (χ3v) is 4.12. The van der Waals surface area contributed by atoms with Crippen LogP contribution in [0.5, 0.6) is 0 Å². The van der Waals surface area contributed by atoms with Gasteiger partial charge in [-0.25, -0.2) is 4.57 Å². The van der Waals surface area contributed by atoms with Crippen LogP contribution in [0.2, 0.25) is 0 Å². The van der Waals surface area contributed by atoms with E-state index in [2.05, 4.69) is 41.4 Å². The lowest BCUT2D eigenvalue weighted by atomic mass is 10.0. The number of hydrogen-bond acceptors (Lipinski definition) is 2. The average molecular weight is 362 g/mol. The lowest BCUT2D eigenvalue weighted by Gasteiger charge is -2.09. The number of aryl methyl sites for hydroxylation is 3. The third kappa shape index (κ3) is 6.78. The molecule has 0 aliphatic rings. The zero-order chi connectivity index (χ0) is 18.8. The Morgan fingerprint density at radius 2 is 1.81 bits per heavy atom. The minimum atomic E-state index is -3.03. The van der Waals surface area contributed by atoms with Crippen molar-refractivity contribution in [2.24, 2.45) is 0 Å². The molecular formula is C20H26F2N3O+. The first kappa shape index (κ1) is 19.8. The molecule has 0 unspecified atom stereocenters. The molecule has 1 aromatic carbocycles. The van der Waals surface area contributed by atoms with Gasteiger partial charge in [0, 0.05) is 18.6 Å². The summed E-state index contributed by atoms with van der Waals surface area (Å²) in [5.41, 5.74) is 7.49. The van der Waals surface area contributed by atoms with E-state index in [1.54, 1.807) is 6.07 Å². The Labute approximate surface area is 153 Å². The molecule has 0 saturated carbocycles. The molecule has 2 rings (SSSR count). The van der Waals surface area contributed by atoms with E-state index in [4.69, 9.17) is 0 Å². The zero-order valence-corrected chi connectivity index (χ0v) is 15.1. The van der Waals surface area contributed by atoms with Gasteiger partial charge in [-0.1, -0.05) is 25.5 Å². The van der Waals surface area contributed by atoms with Crippen molar-refractivity contribution in [2.45, 2.75) is 52.0 Å². The van der Waals surface area contributed by atoms with Crippen LogP contribution in [-0.4, -0.2) is 12.3 Å². The zero-order valence-electron chi connectivity index (χ0n) is 15.1. The SMILES string of the molecule is CCCC[n+]1ccc(CCCc2cccc(NNC(=O)C(F)F)c2)cc1. The fourth-order valence-corrected chi connectivity index (χ4v) is 2.63. The molecule has 140 valence electrons. The fraction of sp³-hybridized carbons (Fsp3) is 0.400. The van der Waals surface area contributed by atoms with Crippen LogP contribution in [0.3, 0.4) is 0 Å². The topological polar surface area (TPSA) is 45.0 Å². The van der Waals surface area contributed by atoms with Gasteiger partial charge in [0.15, 0.2) is 12.4 Å². The second-order valence-corrected chi connectivity index (χ2v) is 6.27. The standard InChI is InChI=1S/C20H25F2N3O/c1-2-3-12-25-13-10-16(11-14-25)6-4-7-17-8-5-9-18(15-17)23-24-20(26)19(21)22/h5,8-11,13-15,19,23H,2-4,6-7,12H2,1H3/p+1. The van der Waals surface area contributed by atoms with Crippen molar-refractivity contribution in [3.05, 3.63) is 59.9 Å². The smallest absolute Gasteiger partial charge is 0.298 e. The van der Waals surface area contributed by atoms with Crippen molar-refractivity contribution in [1.29, 1.82) is 0 Å². The molecule has 0 radical (unpaired) electrons. The molecule has 0 bridgehead atoms. The number of amides is 1. The molecule has 0 aliphatic heterocycles. The first-order chi connectivity index (χ1) is 12.6. The summed E-state index contributed by atoms with van der Waals surface area (Å²) in [6.45, 7) is 3.24. The number of unbranched alkanes of at least 4 members (excludes halogenated alkanes) is 1. The van der Waals surface area contributed by atoms with Crippen LogP contribution in [0.15, 0.2) is 48.8 Å². The molecule has 0 saturated heterocycles. The summed E-state index contributed by atoms with van der Waals surface area (Å²) < 4.78 is 26.5. The highest BCUT2D eigenvalue weighted by molar-refractivity contribution is 5.80. The molecule has 2 aromatic rings. The van der Waals surface area contributed by atoms with E-state index in [9.17, 15) is 13.6 Å². The van der Waals surface area contributed by atoms with Gasteiger partial charge in [0.25, 0.3) is 0 Å². The number of rotatable bonds is 10. The van der Waals surface area contributed by atoms with E-state index >= 15 is 0 Å². The summed E-state index contributed by atoms with van der Waals surface area (Å²) in [5, 5.41) is 0. The van der Waals surface area contributed by atoms with Crippen molar-refractivity contribution < 1.29 is 18.1 Å². The van der Waals surface area contributed by atoms with Crippen LogP contribution >= 0.6 is 0 Å². The van der Waals surface area contributed by atoms with E-state index in [1.807, 2.05) is 23.6 Å². The predicted molar refractivity (Wildman–Crippen MR) is 97.8 cm³/mol. The Kier molecular flexibility index (Phi) is 7.99. The van der Waals surface area contributed by atoms with Crippen LogP contribution in [-0.2, 0) is 24.2 Å². The second kappa shape index (κ2) is 10.5. The fourth-order valence-electron chi connectivity index (χ4n) is 2.63. The second-order valence-electron chi connectivity index (χ2n) is 6.27. The predicted octanol–water partition coefficient (Wildman–Crippen LogP) is 3.66. The molecule has 0 spiro atoms. The molecule has 1 aromatic heterocycles. The first-order valence-electron chi connectivity index (χ1n) is 8.99. The third-order valence-electron chi connectivity index (χ3n) is 4.12. The van der Waals surface area contributed by atoms with Crippen LogP contribution in [0, 0.1) is 0 Å². The van der Waals surface area contributed by atoms with Gasteiger partial charge in [0.1, 0.15) is 6.54 Å². The normalized spacial score (nSPS) is 10.8. The highest BCUT2D eigenvalue weighted by atomic mass is 19.3. The number of benzene rings is 1. The van der Waals surface area contributed by atoms with Gasteiger partial charge < -0.3 is 0 Å². The summed E-state index contributed by atoms with van der Waals surface area (Å²) in [4.78, 5) is 10.9. The number of halogens is 2. The molecule has 6 heteroatoms. The summed E-state index contributed by atoms with van der Waals surface area (Å²) in [6, 6.07) is 11.7. The maximum Gasteiger partial charge on any atom is 0.317 e. The monoisotopic (exact) mass is 362 g/mol. The van der Waals surface area contributed by atoms with E-state index in [0.29, 0.717) is 5.69 Å². The summed E-state index contributed by atoms with van der Waals surface area (Å²) in [7, 11) is 0. The van der Waals surface area contributed by atoms with Crippen LogP contribution in [0.25, 0.3) is 0 Å². The van der Waals surface area contributed by atoms with Crippen molar-refractivity contribution in [3.8, 4) is 0 Å². The summed E-state index contributed by atoms with van der Waals surface area (Å²) in [5.74, 6) is -1.34. The summed E-state index contributed by atoms with van der Waals surface area (Å²) >= 11 is 0. The number of anilines is 1. The Morgan fingerprint density at radius 3 is 2.50 bits per heavy atom. The number of pyridine rings is 1. The lowest BCUT2D eigenvalue weighted by molar-refractivity contribution is -0.697. The van der Waals surface area contributed by atoms with Crippen molar-refractivity contribution in [2.75, 3.05) is 5.43 Å². The highest BCUT2D eigenvalue weighted by Crippen LogP contribution is 2.13. The number of alkyl halides is 2. The van der Waals surface area contributed by atoms with E-state index in [1.165, 1.54) is 18.4 Å². The molecule has 0 aliphatic carbocycles. The maximum atomic E-state index is 12.2. The van der Waals surface area contributed by atoms with E-state index < -0.39 is 12.3 Å². The quantitative estimate of drug-likeness (QED) is 0.500. The van der Waals surface area contributed by atoms with Gasteiger partial charge in [-0.05, 0) is 42.5 Å².